The number of halogens is 5. The number of rotatable bonds is 20. The maximum Gasteiger partial charge on any atom is 0.453 e. The van der Waals surface area contributed by atoms with Crippen molar-refractivity contribution < 1.29 is 26.7 Å². The fourth-order valence-electron chi connectivity index (χ4n) is 3.16. The summed E-state index contributed by atoms with van der Waals surface area (Å²) < 4.78 is 67.0. The first-order valence-electron chi connectivity index (χ1n) is 11.3. The third-order valence-corrected chi connectivity index (χ3v) is 5.09. The van der Waals surface area contributed by atoms with Crippen molar-refractivity contribution >= 4 is 0 Å². The lowest BCUT2D eigenvalue weighted by Crippen LogP contribution is -2.36. The molecule has 0 aliphatic carbocycles. The second-order valence-electron chi connectivity index (χ2n) is 7.87. The van der Waals surface area contributed by atoms with Crippen LogP contribution in [0.2, 0.25) is 0 Å². The topological polar surface area (TPSA) is 9.23 Å². The summed E-state index contributed by atoms with van der Waals surface area (Å²) in [4.78, 5) is 0. The first kappa shape index (κ1) is 27.6. The lowest BCUT2D eigenvalue weighted by Gasteiger charge is -2.19. The van der Waals surface area contributed by atoms with E-state index in [9.17, 15) is 22.0 Å². The van der Waals surface area contributed by atoms with Crippen molar-refractivity contribution in [3.05, 3.63) is 0 Å². The van der Waals surface area contributed by atoms with Crippen molar-refractivity contribution in [2.24, 2.45) is 0 Å². The molecule has 0 saturated carbocycles. The van der Waals surface area contributed by atoms with E-state index in [2.05, 4.69) is 6.92 Å². The van der Waals surface area contributed by atoms with E-state index in [-0.39, 0.29) is 6.42 Å². The third kappa shape index (κ3) is 16.6. The van der Waals surface area contributed by atoms with Gasteiger partial charge in [0.2, 0.25) is 0 Å². The van der Waals surface area contributed by atoms with E-state index >= 15 is 0 Å². The Morgan fingerprint density at radius 3 is 1.25 bits per heavy atom. The van der Waals surface area contributed by atoms with Crippen molar-refractivity contribution in [3.8, 4) is 0 Å². The molecule has 0 saturated heterocycles. The number of hydrogen-bond donors (Lipinski definition) is 0. The Bertz CT molecular complexity index is 331. The Morgan fingerprint density at radius 2 is 0.857 bits per heavy atom. The van der Waals surface area contributed by atoms with Crippen LogP contribution in [0.4, 0.5) is 22.0 Å². The Hall–Kier alpha value is -0.390. The van der Waals surface area contributed by atoms with Gasteiger partial charge in [0, 0.05) is 19.6 Å². The Balaban J connectivity index is 3.18. The Labute approximate surface area is 168 Å². The van der Waals surface area contributed by atoms with E-state index in [0.717, 1.165) is 51.7 Å². The molecular formula is C22H41F5O. The molecule has 170 valence electrons. The molecule has 0 aliphatic rings. The van der Waals surface area contributed by atoms with Gasteiger partial charge in [-0.2, -0.15) is 22.0 Å². The van der Waals surface area contributed by atoms with Gasteiger partial charge in [0.1, 0.15) is 0 Å². The molecule has 0 spiro atoms. The fourth-order valence-corrected chi connectivity index (χ4v) is 3.16. The molecule has 6 heteroatoms. The van der Waals surface area contributed by atoms with Crippen LogP contribution in [-0.2, 0) is 4.74 Å². The first-order chi connectivity index (χ1) is 13.3. The SMILES string of the molecule is CCCCOCCCCCCCCCCCCCCCCC(F)(F)C(F)(F)F. The minimum Gasteiger partial charge on any atom is -0.381 e. The maximum atomic E-state index is 12.7. The van der Waals surface area contributed by atoms with Gasteiger partial charge in [-0.3, -0.25) is 0 Å². The van der Waals surface area contributed by atoms with Gasteiger partial charge >= 0.3 is 12.1 Å². The number of unbranched alkanes of at least 4 members (excludes halogenated alkanes) is 14. The molecule has 0 amide bonds. The van der Waals surface area contributed by atoms with Crippen LogP contribution in [0.25, 0.3) is 0 Å². The summed E-state index contributed by atoms with van der Waals surface area (Å²) >= 11 is 0. The highest BCUT2D eigenvalue weighted by atomic mass is 19.4. The summed E-state index contributed by atoms with van der Waals surface area (Å²) in [6.07, 6.45) is 10.1. The smallest absolute Gasteiger partial charge is 0.381 e. The zero-order chi connectivity index (χ0) is 21.1. The molecule has 0 rings (SSSR count). The average Bonchev–Trinajstić information content (AvgIpc) is 2.62. The van der Waals surface area contributed by atoms with Gasteiger partial charge in [0.05, 0.1) is 0 Å². The third-order valence-electron chi connectivity index (χ3n) is 5.09. The average molecular weight is 417 g/mol. The molecule has 0 atom stereocenters. The lowest BCUT2D eigenvalue weighted by atomic mass is 10.0. The molecule has 1 nitrogen and oxygen atoms in total. The lowest BCUT2D eigenvalue weighted by molar-refractivity contribution is -0.284. The highest BCUT2D eigenvalue weighted by Gasteiger charge is 2.56. The summed E-state index contributed by atoms with van der Waals surface area (Å²) in [5, 5.41) is 0. The minimum absolute atomic E-state index is 0.0582. The van der Waals surface area contributed by atoms with Crippen LogP contribution in [-0.4, -0.2) is 25.3 Å². The predicted octanol–water partition coefficient (Wildman–Crippen LogP) is 8.85. The van der Waals surface area contributed by atoms with Crippen molar-refractivity contribution in [1.29, 1.82) is 0 Å². The summed E-state index contributed by atoms with van der Waals surface area (Å²) in [5.74, 6) is -4.53. The largest absolute Gasteiger partial charge is 0.453 e. The van der Waals surface area contributed by atoms with Crippen molar-refractivity contribution in [1.82, 2.24) is 0 Å². The van der Waals surface area contributed by atoms with Crippen molar-refractivity contribution in [2.45, 2.75) is 128 Å². The van der Waals surface area contributed by atoms with Crippen LogP contribution < -0.4 is 0 Å². The van der Waals surface area contributed by atoms with E-state index < -0.39 is 18.5 Å². The molecule has 0 aliphatic heterocycles. The maximum absolute atomic E-state index is 12.7. The van der Waals surface area contributed by atoms with Crippen molar-refractivity contribution in [2.75, 3.05) is 13.2 Å². The second-order valence-corrected chi connectivity index (χ2v) is 7.87. The molecule has 0 aromatic rings. The van der Waals surface area contributed by atoms with Crippen molar-refractivity contribution in [3.63, 3.8) is 0 Å². The number of alkyl halides is 5. The van der Waals surface area contributed by atoms with Gasteiger partial charge in [-0.1, -0.05) is 90.4 Å². The minimum atomic E-state index is -5.41. The molecule has 0 heterocycles. The van der Waals surface area contributed by atoms with E-state index in [0.29, 0.717) is 6.42 Å². The highest BCUT2D eigenvalue weighted by molar-refractivity contribution is 4.75. The van der Waals surface area contributed by atoms with Gasteiger partial charge in [-0.15, -0.1) is 0 Å². The Morgan fingerprint density at radius 1 is 0.500 bits per heavy atom. The van der Waals surface area contributed by atoms with Gasteiger partial charge < -0.3 is 4.74 Å². The van der Waals surface area contributed by atoms with Crippen LogP contribution in [0, 0.1) is 0 Å². The Kier molecular flexibility index (Phi) is 17.2. The standard InChI is InChI=1S/C22H41F5O/c1-2-3-19-28-20-17-15-13-11-9-7-5-4-6-8-10-12-14-16-18-21(23,24)22(25,26)27/h2-20H2,1H3. The van der Waals surface area contributed by atoms with Gasteiger partial charge in [-0.25, -0.2) is 0 Å². The molecular weight excluding hydrogens is 375 g/mol. The first-order valence-corrected chi connectivity index (χ1v) is 11.3. The van der Waals surface area contributed by atoms with Gasteiger partial charge in [-0.05, 0) is 19.3 Å². The molecule has 0 fully saturated rings. The summed E-state index contributed by atoms with van der Waals surface area (Å²) in [6, 6.07) is 0. The second kappa shape index (κ2) is 17.5. The van der Waals surface area contributed by atoms with Crippen LogP contribution in [0.3, 0.4) is 0 Å². The van der Waals surface area contributed by atoms with Gasteiger partial charge in [0.15, 0.2) is 0 Å². The number of hydrogen-bond acceptors (Lipinski definition) is 1. The summed E-state index contributed by atoms with van der Waals surface area (Å²) in [5.41, 5.74) is 0. The molecule has 0 N–H and O–H groups in total. The highest BCUT2D eigenvalue weighted by Crippen LogP contribution is 2.39. The molecule has 0 aromatic carbocycles. The number of ether oxygens (including phenoxy) is 1. The summed E-state index contributed by atoms with van der Waals surface area (Å²) in [6.45, 7) is 3.96. The van der Waals surface area contributed by atoms with E-state index in [1.807, 2.05) is 0 Å². The quantitative estimate of drug-likeness (QED) is 0.142. The van der Waals surface area contributed by atoms with Crippen LogP contribution in [0.1, 0.15) is 116 Å². The predicted molar refractivity (Wildman–Crippen MR) is 106 cm³/mol. The zero-order valence-corrected chi connectivity index (χ0v) is 17.7. The fraction of sp³-hybridized carbons (Fsp3) is 1.00. The molecule has 0 radical (unpaired) electrons. The monoisotopic (exact) mass is 416 g/mol. The van der Waals surface area contributed by atoms with Gasteiger partial charge in [0.25, 0.3) is 0 Å². The molecule has 28 heavy (non-hydrogen) atoms. The van der Waals surface area contributed by atoms with E-state index in [1.165, 1.54) is 51.4 Å². The molecule has 0 aromatic heterocycles. The normalized spacial score (nSPS) is 12.6. The zero-order valence-electron chi connectivity index (χ0n) is 17.7. The summed E-state index contributed by atoms with van der Waals surface area (Å²) in [7, 11) is 0. The van der Waals surface area contributed by atoms with E-state index in [1.54, 1.807) is 0 Å². The van der Waals surface area contributed by atoms with E-state index in [4.69, 9.17) is 4.74 Å². The van der Waals surface area contributed by atoms with Crippen LogP contribution in [0.5, 0.6) is 0 Å². The van der Waals surface area contributed by atoms with Crippen LogP contribution in [0.15, 0.2) is 0 Å². The molecule has 0 bridgehead atoms. The van der Waals surface area contributed by atoms with Crippen LogP contribution >= 0.6 is 0 Å². The molecule has 0 unspecified atom stereocenters.